The van der Waals surface area contributed by atoms with Crippen LogP contribution in [0.2, 0.25) is 0 Å². The van der Waals surface area contributed by atoms with Crippen LogP contribution in [-0.4, -0.2) is 26.0 Å². The van der Waals surface area contributed by atoms with E-state index in [0.717, 1.165) is 5.56 Å². The molecule has 1 heterocycles. The highest BCUT2D eigenvalue weighted by Crippen LogP contribution is 2.21. The molecule has 0 unspecified atom stereocenters. The second-order valence-corrected chi connectivity index (χ2v) is 4.80. The maximum Gasteiger partial charge on any atom is 0.269 e. The molecule has 9 heteroatoms. The number of aromatic nitrogens is 3. The van der Waals surface area contributed by atoms with Crippen molar-refractivity contribution in [2.75, 3.05) is 5.32 Å². The molecular formula is C11H11N5O3S. The van der Waals surface area contributed by atoms with E-state index >= 15 is 0 Å². The Bertz CT molecular complexity index is 625. The number of amides is 1. The number of nitro groups is 1. The number of nitro benzene ring substituents is 1. The van der Waals surface area contributed by atoms with Crippen molar-refractivity contribution in [3.63, 3.8) is 0 Å². The summed E-state index contributed by atoms with van der Waals surface area (Å²) < 4.78 is 0. The van der Waals surface area contributed by atoms with Crippen molar-refractivity contribution < 1.29 is 9.72 Å². The number of non-ortho nitro benzene ring substituents is 1. The lowest BCUT2D eigenvalue weighted by Crippen LogP contribution is -2.06. The van der Waals surface area contributed by atoms with Crippen molar-refractivity contribution in [3.05, 3.63) is 39.9 Å². The van der Waals surface area contributed by atoms with Gasteiger partial charge in [0, 0.05) is 24.8 Å². The normalized spacial score (nSPS) is 10.2. The molecule has 1 aromatic heterocycles. The van der Waals surface area contributed by atoms with Crippen molar-refractivity contribution in [1.29, 1.82) is 0 Å². The predicted octanol–water partition coefficient (Wildman–Crippen LogP) is 1.96. The van der Waals surface area contributed by atoms with Crippen molar-refractivity contribution in [1.82, 2.24) is 15.2 Å². The van der Waals surface area contributed by atoms with Crippen LogP contribution >= 0.6 is 11.8 Å². The molecule has 2 aromatic rings. The van der Waals surface area contributed by atoms with Crippen LogP contribution in [0.25, 0.3) is 0 Å². The zero-order chi connectivity index (χ0) is 14.5. The smallest absolute Gasteiger partial charge is 0.269 e. The zero-order valence-electron chi connectivity index (χ0n) is 10.5. The number of hydrogen-bond acceptors (Lipinski definition) is 6. The van der Waals surface area contributed by atoms with Crippen LogP contribution in [0.1, 0.15) is 12.5 Å². The van der Waals surface area contributed by atoms with Crippen molar-refractivity contribution in [2.24, 2.45) is 0 Å². The standard InChI is InChI=1S/C11H11N5O3S/c1-7(17)12-10-13-11(15-14-10)20-6-8-2-4-9(5-3-8)16(18)19/h2-5H,6H2,1H3,(H2,12,13,14,15,17). The van der Waals surface area contributed by atoms with Crippen LogP contribution in [-0.2, 0) is 10.5 Å². The second kappa shape index (κ2) is 6.15. The molecule has 104 valence electrons. The lowest BCUT2D eigenvalue weighted by molar-refractivity contribution is -0.384. The summed E-state index contributed by atoms with van der Waals surface area (Å²) in [5.74, 6) is 0.645. The second-order valence-electron chi connectivity index (χ2n) is 3.86. The van der Waals surface area contributed by atoms with Gasteiger partial charge >= 0.3 is 0 Å². The Balaban J connectivity index is 1.93. The van der Waals surface area contributed by atoms with E-state index in [2.05, 4.69) is 20.5 Å². The molecule has 2 N–H and O–H groups in total. The van der Waals surface area contributed by atoms with Crippen molar-refractivity contribution in [3.8, 4) is 0 Å². The lowest BCUT2D eigenvalue weighted by Gasteiger charge is -1.98. The maximum atomic E-state index is 10.8. The van der Waals surface area contributed by atoms with Gasteiger partial charge in [-0.05, 0) is 5.56 Å². The summed E-state index contributed by atoms with van der Waals surface area (Å²) >= 11 is 1.36. The van der Waals surface area contributed by atoms with Gasteiger partial charge in [-0.1, -0.05) is 23.9 Å². The number of nitrogens with zero attached hydrogens (tertiary/aromatic N) is 3. The van der Waals surface area contributed by atoms with Crippen LogP contribution < -0.4 is 5.32 Å². The van der Waals surface area contributed by atoms with Crippen molar-refractivity contribution in [2.45, 2.75) is 17.8 Å². The molecule has 0 atom stereocenters. The fourth-order valence-corrected chi connectivity index (χ4v) is 2.15. The molecule has 0 aliphatic rings. The molecule has 0 aliphatic carbocycles. The molecule has 2 rings (SSSR count). The Morgan fingerprint density at radius 2 is 2.15 bits per heavy atom. The number of rotatable bonds is 5. The largest absolute Gasteiger partial charge is 0.295 e. The van der Waals surface area contributed by atoms with E-state index in [9.17, 15) is 14.9 Å². The average Bonchev–Trinajstić information content (AvgIpc) is 2.83. The summed E-state index contributed by atoms with van der Waals surface area (Å²) in [6.07, 6.45) is 0. The van der Waals surface area contributed by atoms with Gasteiger partial charge in [-0.3, -0.25) is 20.2 Å². The van der Waals surface area contributed by atoms with Crippen LogP contribution in [0.3, 0.4) is 0 Å². The molecule has 1 amide bonds. The number of hydrogen-bond donors (Lipinski definition) is 2. The number of benzene rings is 1. The molecule has 0 spiro atoms. The minimum Gasteiger partial charge on any atom is -0.295 e. The average molecular weight is 293 g/mol. The van der Waals surface area contributed by atoms with E-state index in [4.69, 9.17) is 0 Å². The number of nitrogens with one attached hydrogen (secondary N) is 2. The van der Waals surface area contributed by atoms with E-state index in [1.807, 2.05) is 0 Å². The summed E-state index contributed by atoms with van der Waals surface area (Å²) in [7, 11) is 0. The highest BCUT2D eigenvalue weighted by molar-refractivity contribution is 7.98. The van der Waals surface area contributed by atoms with Gasteiger partial charge in [0.25, 0.3) is 5.69 Å². The first-order valence-corrected chi connectivity index (χ1v) is 6.59. The fraction of sp³-hybridized carbons (Fsp3) is 0.182. The summed E-state index contributed by atoms with van der Waals surface area (Å²) in [5, 5.41) is 20.0. The highest BCUT2D eigenvalue weighted by atomic mass is 32.2. The minimum absolute atomic E-state index is 0.0598. The van der Waals surface area contributed by atoms with Crippen LogP contribution in [0, 0.1) is 10.1 Å². The SMILES string of the molecule is CC(=O)Nc1nc(SCc2ccc([N+](=O)[O-])cc2)n[nH]1. The quantitative estimate of drug-likeness (QED) is 0.495. The van der Waals surface area contributed by atoms with Gasteiger partial charge < -0.3 is 0 Å². The monoisotopic (exact) mass is 293 g/mol. The molecule has 0 bridgehead atoms. The summed E-state index contributed by atoms with van der Waals surface area (Å²) in [6, 6.07) is 6.28. The maximum absolute atomic E-state index is 10.8. The Morgan fingerprint density at radius 3 is 2.75 bits per heavy atom. The first kappa shape index (κ1) is 14.0. The molecule has 1 aromatic carbocycles. The van der Waals surface area contributed by atoms with Gasteiger partial charge in [-0.25, -0.2) is 5.10 Å². The molecule has 0 saturated heterocycles. The fourth-order valence-electron chi connectivity index (χ4n) is 1.40. The third kappa shape index (κ3) is 3.79. The highest BCUT2D eigenvalue weighted by Gasteiger charge is 2.07. The van der Waals surface area contributed by atoms with Gasteiger partial charge in [0.1, 0.15) is 0 Å². The van der Waals surface area contributed by atoms with Gasteiger partial charge in [0.15, 0.2) is 0 Å². The number of aromatic amines is 1. The molecule has 0 aliphatic heterocycles. The number of anilines is 1. The number of thioether (sulfide) groups is 1. The molecule has 0 saturated carbocycles. The Labute approximate surface area is 118 Å². The van der Waals surface area contributed by atoms with Gasteiger partial charge in [0.2, 0.25) is 17.0 Å². The lowest BCUT2D eigenvalue weighted by atomic mass is 10.2. The van der Waals surface area contributed by atoms with Gasteiger partial charge in [0.05, 0.1) is 4.92 Å². The molecule has 20 heavy (non-hydrogen) atoms. The third-order valence-electron chi connectivity index (χ3n) is 2.27. The van der Waals surface area contributed by atoms with Gasteiger partial charge in [-0.2, -0.15) is 4.98 Å². The van der Waals surface area contributed by atoms with E-state index in [-0.39, 0.29) is 11.6 Å². The minimum atomic E-state index is -0.439. The van der Waals surface area contributed by atoms with Gasteiger partial charge in [-0.15, -0.1) is 5.10 Å². The number of H-pyrrole nitrogens is 1. The zero-order valence-corrected chi connectivity index (χ0v) is 11.3. The Hall–Kier alpha value is -2.42. The first-order chi connectivity index (χ1) is 9.54. The first-order valence-electron chi connectivity index (χ1n) is 5.61. The van der Waals surface area contributed by atoms with E-state index < -0.39 is 4.92 Å². The molecule has 0 fully saturated rings. The Kier molecular flexibility index (Phi) is 4.31. The molecular weight excluding hydrogens is 282 g/mol. The Morgan fingerprint density at radius 1 is 1.45 bits per heavy atom. The number of carbonyl (C=O) groups is 1. The summed E-state index contributed by atoms with van der Waals surface area (Å²) in [6.45, 7) is 1.38. The van der Waals surface area contributed by atoms with Crippen molar-refractivity contribution >= 4 is 29.3 Å². The predicted molar refractivity (Wildman–Crippen MR) is 73.3 cm³/mol. The van der Waals surface area contributed by atoms with Crippen LogP contribution in [0.5, 0.6) is 0 Å². The molecule has 0 radical (unpaired) electrons. The molecule has 8 nitrogen and oxygen atoms in total. The van der Waals surface area contributed by atoms with E-state index in [1.54, 1.807) is 12.1 Å². The van der Waals surface area contributed by atoms with Crippen LogP contribution in [0.4, 0.5) is 11.6 Å². The van der Waals surface area contributed by atoms with Crippen LogP contribution in [0.15, 0.2) is 29.4 Å². The third-order valence-corrected chi connectivity index (χ3v) is 3.19. The summed E-state index contributed by atoms with van der Waals surface area (Å²) in [4.78, 5) is 25.0. The summed E-state index contributed by atoms with van der Waals surface area (Å²) in [5.41, 5.74) is 0.982. The van der Waals surface area contributed by atoms with E-state index in [1.165, 1.54) is 30.8 Å². The van der Waals surface area contributed by atoms with E-state index in [0.29, 0.717) is 16.9 Å². The topological polar surface area (TPSA) is 114 Å². The number of carbonyl (C=O) groups excluding carboxylic acids is 1.